The SMILES string of the molecule is COC1CCC=C(C(C)C)C1. The van der Waals surface area contributed by atoms with Crippen molar-refractivity contribution in [1.29, 1.82) is 0 Å². The number of allylic oxidation sites excluding steroid dienone is 1. The Hall–Kier alpha value is -0.300. The number of hydrogen-bond acceptors (Lipinski definition) is 1. The number of rotatable bonds is 2. The van der Waals surface area contributed by atoms with E-state index < -0.39 is 0 Å². The van der Waals surface area contributed by atoms with Crippen molar-refractivity contribution < 1.29 is 4.74 Å². The van der Waals surface area contributed by atoms with Gasteiger partial charge in [-0.2, -0.15) is 0 Å². The molecule has 0 spiro atoms. The van der Waals surface area contributed by atoms with Crippen LogP contribution in [0.25, 0.3) is 0 Å². The first-order valence-electron chi connectivity index (χ1n) is 4.45. The van der Waals surface area contributed by atoms with Crippen molar-refractivity contribution in [2.45, 2.75) is 39.2 Å². The van der Waals surface area contributed by atoms with Gasteiger partial charge in [0.1, 0.15) is 0 Å². The van der Waals surface area contributed by atoms with Crippen molar-refractivity contribution >= 4 is 0 Å². The zero-order valence-corrected chi connectivity index (χ0v) is 7.76. The molecule has 1 rings (SSSR count). The predicted molar refractivity (Wildman–Crippen MR) is 47.6 cm³/mol. The van der Waals surface area contributed by atoms with Gasteiger partial charge in [0.05, 0.1) is 6.10 Å². The van der Waals surface area contributed by atoms with Crippen molar-refractivity contribution in [3.63, 3.8) is 0 Å². The van der Waals surface area contributed by atoms with Crippen LogP contribution < -0.4 is 0 Å². The fourth-order valence-electron chi connectivity index (χ4n) is 1.58. The molecule has 64 valence electrons. The van der Waals surface area contributed by atoms with E-state index in [4.69, 9.17) is 4.74 Å². The lowest BCUT2D eigenvalue weighted by Crippen LogP contribution is -2.16. The van der Waals surface area contributed by atoms with Crippen LogP contribution in [0.1, 0.15) is 33.1 Å². The van der Waals surface area contributed by atoms with E-state index >= 15 is 0 Å². The van der Waals surface area contributed by atoms with Gasteiger partial charge in [0.25, 0.3) is 0 Å². The fourth-order valence-corrected chi connectivity index (χ4v) is 1.58. The summed E-state index contributed by atoms with van der Waals surface area (Å²) in [5.74, 6) is 0.702. The average Bonchev–Trinajstić information content (AvgIpc) is 2.05. The van der Waals surface area contributed by atoms with Gasteiger partial charge < -0.3 is 4.74 Å². The predicted octanol–water partition coefficient (Wildman–Crippen LogP) is 2.77. The quantitative estimate of drug-likeness (QED) is 0.556. The zero-order valence-electron chi connectivity index (χ0n) is 7.76. The number of hydrogen-bond donors (Lipinski definition) is 0. The molecule has 1 nitrogen and oxygen atoms in total. The second-order valence-electron chi connectivity index (χ2n) is 3.57. The van der Waals surface area contributed by atoms with E-state index in [2.05, 4.69) is 19.9 Å². The van der Waals surface area contributed by atoms with Crippen molar-refractivity contribution in [2.24, 2.45) is 5.92 Å². The summed E-state index contributed by atoms with van der Waals surface area (Å²) in [7, 11) is 1.81. The van der Waals surface area contributed by atoms with Gasteiger partial charge in [-0.3, -0.25) is 0 Å². The van der Waals surface area contributed by atoms with E-state index in [1.807, 2.05) is 7.11 Å². The highest BCUT2D eigenvalue weighted by Crippen LogP contribution is 2.25. The first-order valence-corrected chi connectivity index (χ1v) is 4.45. The smallest absolute Gasteiger partial charge is 0.0611 e. The molecule has 0 radical (unpaired) electrons. The lowest BCUT2D eigenvalue weighted by atomic mass is 9.90. The van der Waals surface area contributed by atoms with Crippen LogP contribution in [0.2, 0.25) is 0 Å². The summed E-state index contributed by atoms with van der Waals surface area (Å²) in [6.07, 6.45) is 6.41. The first-order chi connectivity index (χ1) is 5.24. The normalized spacial score (nSPS) is 25.5. The highest BCUT2D eigenvalue weighted by Gasteiger charge is 2.15. The minimum Gasteiger partial charge on any atom is -0.381 e. The van der Waals surface area contributed by atoms with Crippen LogP contribution in [0, 0.1) is 5.92 Å². The molecule has 0 heterocycles. The maximum atomic E-state index is 5.33. The van der Waals surface area contributed by atoms with E-state index in [1.165, 1.54) is 12.8 Å². The number of ether oxygens (including phenoxy) is 1. The van der Waals surface area contributed by atoms with Gasteiger partial charge in [-0.05, 0) is 25.2 Å². The summed E-state index contributed by atoms with van der Waals surface area (Å²) in [5.41, 5.74) is 1.57. The van der Waals surface area contributed by atoms with Gasteiger partial charge in [-0.25, -0.2) is 0 Å². The van der Waals surface area contributed by atoms with E-state index in [0.717, 1.165) is 6.42 Å². The Morgan fingerprint density at radius 2 is 2.27 bits per heavy atom. The summed E-state index contributed by atoms with van der Waals surface area (Å²) in [6, 6.07) is 0. The molecular weight excluding hydrogens is 136 g/mol. The summed E-state index contributed by atoms with van der Waals surface area (Å²) in [4.78, 5) is 0. The van der Waals surface area contributed by atoms with Gasteiger partial charge in [0, 0.05) is 7.11 Å². The maximum absolute atomic E-state index is 5.33. The zero-order chi connectivity index (χ0) is 8.27. The molecule has 0 saturated carbocycles. The Morgan fingerprint density at radius 3 is 2.82 bits per heavy atom. The molecule has 0 aromatic heterocycles. The molecule has 0 N–H and O–H groups in total. The Bertz CT molecular complexity index is 147. The highest BCUT2D eigenvalue weighted by atomic mass is 16.5. The van der Waals surface area contributed by atoms with E-state index in [0.29, 0.717) is 12.0 Å². The largest absolute Gasteiger partial charge is 0.381 e. The Morgan fingerprint density at radius 1 is 1.55 bits per heavy atom. The van der Waals surface area contributed by atoms with Gasteiger partial charge in [-0.1, -0.05) is 25.5 Å². The first kappa shape index (κ1) is 8.79. The summed E-state index contributed by atoms with van der Waals surface area (Å²) < 4.78 is 5.33. The summed E-state index contributed by atoms with van der Waals surface area (Å²) >= 11 is 0. The standard InChI is InChI=1S/C10H18O/c1-8(2)9-5-4-6-10(7-9)11-3/h5,8,10H,4,6-7H2,1-3H3. The molecule has 0 aliphatic heterocycles. The molecule has 0 amide bonds. The molecule has 0 fully saturated rings. The second kappa shape index (κ2) is 3.91. The van der Waals surface area contributed by atoms with Crippen LogP contribution in [-0.2, 0) is 4.74 Å². The lowest BCUT2D eigenvalue weighted by Gasteiger charge is -2.23. The van der Waals surface area contributed by atoms with Crippen molar-refractivity contribution in [1.82, 2.24) is 0 Å². The molecule has 11 heavy (non-hydrogen) atoms. The Balaban J connectivity index is 2.48. The lowest BCUT2D eigenvalue weighted by molar-refractivity contribution is 0.0904. The summed E-state index contributed by atoms with van der Waals surface area (Å²) in [5, 5.41) is 0. The summed E-state index contributed by atoms with van der Waals surface area (Å²) in [6.45, 7) is 4.51. The monoisotopic (exact) mass is 154 g/mol. The third kappa shape index (κ3) is 2.33. The average molecular weight is 154 g/mol. The van der Waals surface area contributed by atoms with E-state index in [9.17, 15) is 0 Å². The molecule has 0 aromatic rings. The van der Waals surface area contributed by atoms with Crippen molar-refractivity contribution in [3.8, 4) is 0 Å². The molecule has 1 atom stereocenters. The van der Waals surface area contributed by atoms with Gasteiger partial charge in [0.2, 0.25) is 0 Å². The molecule has 0 bridgehead atoms. The van der Waals surface area contributed by atoms with E-state index in [-0.39, 0.29) is 0 Å². The van der Waals surface area contributed by atoms with Crippen molar-refractivity contribution in [3.05, 3.63) is 11.6 Å². The minimum absolute atomic E-state index is 0.484. The molecule has 0 saturated heterocycles. The van der Waals surface area contributed by atoms with Gasteiger partial charge in [0.15, 0.2) is 0 Å². The molecule has 1 aliphatic rings. The molecular formula is C10H18O. The third-order valence-corrected chi connectivity index (χ3v) is 2.43. The fraction of sp³-hybridized carbons (Fsp3) is 0.800. The van der Waals surface area contributed by atoms with Crippen LogP contribution in [0.5, 0.6) is 0 Å². The van der Waals surface area contributed by atoms with Gasteiger partial charge >= 0.3 is 0 Å². The number of methoxy groups -OCH3 is 1. The minimum atomic E-state index is 0.484. The topological polar surface area (TPSA) is 9.23 Å². The Kier molecular flexibility index (Phi) is 3.13. The molecule has 0 aromatic carbocycles. The van der Waals surface area contributed by atoms with Gasteiger partial charge in [-0.15, -0.1) is 0 Å². The molecule has 1 unspecified atom stereocenters. The Labute approximate surface area is 69.4 Å². The van der Waals surface area contributed by atoms with Crippen LogP contribution in [0.15, 0.2) is 11.6 Å². The van der Waals surface area contributed by atoms with Crippen molar-refractivity contribution in [2.75, 3.05) is 7.11 Å². The van der Waals surface area contributed by atoms with E-state index in [1.54, 1.807) is 5.57 Å². The van der Waals surface area contributed by atoms with Crippen LogP contribution >= 0.6 is 0 Å². The highest BCUT2D eigenvalue weighted by molar-refractivity contribution is 5.09. The van der Waals surface area contributed by atoms with Crippen LogP contribution in [0.3, 0.4) is 0 Å². The third-order valence-electron chi connectivity index (χ3n) is 2.43. The molecule has 1 heteroatoms. The van der Waals surface area contributed by atoms with Crippen LogP contribution in [-0.4, -0.2) is 13.2 Å². The second-order valence-corrected chi connectivity index (χ2v) is 3.57. The van der Waals surface area contributed by atoms with Crippen LogP contribution in [0.4, 0.5) is 0 Å². The molecule has 1 aliphatic carbocycles. The maximum Gasteiger partial charge on any atom is 0.0611 e.